The van der Waals surface area contributed by atoms with E-state index < -0.39 is 0 Å². The van der Waals surface area contributed by atoms with Gasteiger partial charge in [0.15, 0.2) is 0 Å². The van der Waals surface area contributed by atoms with E-state index in [1.54, 1.807) is 6.92 Å². The van der Waals surface area contributed by atoms with Gasteiger partial charge in [0, 0.05) is 24.6 Å². The summed E-state index contributed by atoms with van der Waals surface area (Å²) >= 11 is 0. The highest BCUT2D eigenvalue weighted by molar-refractivity contribution is 5.93. The van der Waals surface area contributed by atoms with Crippen molar-refractivity contribution in [1.29, 1.82) is 0 Å². The van der Waals surface area contributed by atoms with Gasteiger partial charge in [0.25, 0.3) is 0 Å². The van der Waals surface area contributed by atoms with Gasteiger partial charge in [-0.25, -0.2) is 0 Å². The van der Waals surface area contributed by atoms with Gasteiger partial charge in [0.1, 0.15) is 0 Å². The minimum Gasteiger partial charge on any atom is -0.317 e. The Bertz CT molecular complexity index is 463. The number of nitrogens with zero attached hydrogens (tertiary/aromatic N) is 1. The molecule has 96 valence electrons. The third-order valence-corrected chi connectivity index (χ3v) is 4.52. The maximum Gasteiger partial charge on any atom is 0.223 e. The fraction of sp³-hybridized carbons (Fsp3) is 0.533. The first-order valence-electron chi connectivity index (χ1n) is 6.81. The van der Waals surface area contributed by atoms with Crippen LogP contribution >= 0.6 is 0 Å². The van der Waals surface area contributed by atoms with Gasteiger partial charge in [-0.1, -0.05) is 18.2 Å². The summed E-state index contributed by atoms with van der Waals surface area (Å²) in [5.74, 6) is 0.159. The predicted octanol–water partition coefficient (Wildman–Crippen LogP) is 2.06. The molecule has 0 radical (unpaired) electrons. The minimum absolute atomic E-state index is 0.159. The minimum atomic E-state index is 0.159. The Morgan fingerprint density at radius 3 is 2.67 bits per heavy atom. The largest absolute Gasteiger partial charge is 0.317 e. The van der Waals surface area contributed by atoms with Crippen LogP contribution in [0, 0.1) is 0 Å². The molecule has 18 heavy (non-hydrogen) atoms. The maximum atomic E-state index is 11.7. The molecule has 0 bridgehead atoms. The Morgan fingerprint density at radius 1 is 1.22 bits per heavy atom. The van der Waals surface area contributed by atoms with Gasteiger partial charge in [-0.2, -0.15) is 0 Å². The SMILES string of the molecule is CC(=O)N1CCC2(CCNCC2)c2ccccc21. The Hall–Kier alpha value is -1.35. The van der Waals surface area contributed by atoms with Crippen LogP contribution in [0.3, 0.4) is 0 Å². The van der Waals surface area contributed by atoms with E-state index in [0.717, 1.165) is 31.7 Å². The highest BCUT2D eigenvalue weighted by Crippen LogP contribution is 2.45. The van der Waals surface area contributed by atoms with Crippen LogP contribution in [-0.2, 0) is 10.2 Å². The first-order valence-corrected chi connectivity index (χ1v) is 6.81. The van der Waals surface area contributed by atoms with Crippen LogP contribution in [0.15, 0.2) is 24.3 Å². The summed E-state index contributed by atoms with van der Waals surface area (Å²) in [6, 6.07) is 8.45. The molecule has 1 aromatic carbocycles. The molecule has 3 heteroatoms. The molecule has 0 unspecified atom stereocenters. The van der Waals surface area contributed by atoms with Gasteiger partial charge in [-0.15, -0.1) is 0 Å². The molecule has 1 spiro atoms. The number of carbonyl (C=O) groups is 1. The lowest BCUT2D eigenvalue weighted by atomic mass is 9.68. The molecule has 3 nitrogen and oxygen atoms in total. The van der Waals surface area contributed by atoms with E-state index in [4.69, 9.17) is 0 Å². The van der Waals surface area contributed by atoms with Crippen molar-refractivity contribution < 1.29 is 4.79 Å². The van der Waals surface area contributed by atoms with Crippen molar-refractivity contribution in [2.75, 3.05) is 24.5 Å². The lowest BCUT2D eigenvalue weighted by Crippen LogP contribution is -2.47. The molecule has 0 aliphatic carbocycles. The number of anilines is 1. The fourth-order valence-electron chi connectivity index (χ4n) is 3.49. The molecule has 2 aliphatic rings. The Morgan fingerprint density at radius 2 is 1.94 bits per heavy atom. The van der Waals surface area contributed by atoms with E-state index in [1.165, 1.54) is 18.4 Å². The molecule has 1 saturated heterocycles. The average Bonchev–Trinajstić information content (AvgIpc) is 2.40. The maximum absolute atomic E-state index is 11.7. The summed E-state index contributed by atoms with van der Waals surface area (Å²) in [6.45, 7) is 4.71. The molecule has 1 fully saturated rings. The second kappa shape index (κ2) is 4.39. The number of hydrogen-bond donors (Lipinski definition) is 1. The summed E-state index contributed by atoms with van der Waals surface area (Å²) in [5, 5.41) is 3.44. The van der Waals surface area contributed by atoms with Crippen LogP contribution in [0.1, 0.15) is 31.7 Å². The van der Waals surface area contributed by atoms with E-state index in [1.807, 2.05) is 11.0 Å². The average molecular weight is 244 g/mol. The van der Waals surface area contributed by atoms with Crippen LogP contribution in [0.2, 0.25) is 0 Å². The van der Waals surface area contributed by atoms with Gasteiger partial charge >= 0.3 is 0 Å². The molecule has 1 N–H and O–H groups in total. The lowest BCUT2D eigenvalue weighted by Gasteiger charge is -2.45. The van der Waals surface area contributed by atoms with Gasteiger partial charge in [0.05, 0.1) is 0 Å². The molecule has 3 rings (SSSR count). The number of piperidine rings is 1. The monoisotopic (exact) mass is 244 g/mol. The first kappa shape index (κ1) is 11.7. The van der Waals surface area contributed by atoms with Crippen molar-refractivity contribution in [3.8, 4) is 0 Å². The lowest BCUT2D eigenvalue weighted by molar-refractivity contribution is -0.116. The Labute approximate surface area is 108 Å². The zero-order valence-electron chi connectivity index (χ0n) is 10.9. The van der Waals surface area contributed by atoms with E-state index in [2.05, 4.69) is 23.5 Å². The van der Waals surface area contributed by atoms with E-state index >= 15 is 0 Å². The zero-order chi connectivity index (χ0) is 12.6. The third kappa shape index (κ3) is 1.74. The summed E-state index contributed by atoms with van der Waals surface area (Å²) in [5.41, 5.74) is 2.82. The van der Waals surface area contributed by atoms with Crippen molar-refractivity contribution in [3.63, 3.8) is 0 Å². The van der Waals surface area contributed by atoms with Gasteiger partial charge in [0.2, 0.25) is 5.91 Å². The molecular formula is C15H20N2O. The van der Waals surface area contributed by atoms with Crippen molar-refractivity contribution >= 4 is 11.6 Å². The van der Waals surface area contributed by atoms with Gasteiger partial charge < -0.3 is 10.2 Å². The fourth-order valence-corrected chi connectivity index (χ4v) is 3.49. The second-order valence-corrected chi connectivity index (χ2v) is 5.47. The van der Waals surface area contributed by atoms with Gasteiger partial charge in [-0.05, 0) is 44.0 Å². The molecule has 0 saturated carbocycles. The molecule has 2 aliphatic heterocycles. The number of para-hydroxylation sites is 1. The van der Waals surface area contributed by atoms with Crippen LogP contribution in [0.25, 0.3) is 0 Å². The first-order chi connectivity index (χ1) is 8.73. The quantitative estimate of drug-likeness (QED) is 0.757. The van der Waals surface area contributed by atoms with Crippen LogP contribution in [-0.4, -0.2) is 25.5 Å². The van der Waals surface area contributed by atoms with Crippen LogP contribution in [0.4, 0.5) is 5.69 Å². The number of amides is 1. The number of carbonyl (C=O) groups excluding carboxylic acids is 1. The molecule has 0 aromatic heterocycles. The molecule has 0 atom stereocenters. The third-order valence-electron chi connectivity index (χ3n) is 4.52. The zero-order valence-corrected chi connectivity index (χ0v) is 10.9. The second-order valence-electron chi connectivity index (χ2n) is 5.47. The number of benzene rings is 1. The predicted molar refractivity (Wildman–Crippen MR) is 72.9 cm³/mol. The smallest absolute Gasteiger partial charge is 0.223 e. The number of hydrogen-bond acceptors (Lipinski definition) is 2. The standard InChI is InChI=1S/C15H20N2O/c1-12(18)17-11-8-15(6-9-16-10-7-15)13-4-2-3-5-14(13)17/h2-5,16H,6-11H2,1H3. The Balaban J connectivity index is 2.06. The van der Waals surface area contributed by atoms with Gasteiger partial charge in [-0.3, -0.25) is 4.79 Å². The van der Waals surface area contributed by atoms with Crippen molar-refractivity contribution in [2.45, 2.75) is 31.6 Å². The summed E-state index contributed by atoms with van der Waals surface area (Å²) in [7, 11) is 0. The highest BCUT2D eigenvalue weighted by atomic mass is 16.2. The molecule has 1 amide bonds. The highest BCUT2D eigenvalue weighted by Gasteiger charge is 2.40. The summed E-state index contributed by atoms with van der Waals surface area (Å²) in [6.07, 6.45) is 3.48. The topological polar surface area (TPSA) is 32.3 Å². The normalized spacial score (nSPS) is 21.7. The van der Waals surface area contributed by atoms with Crippen molar-refractivity contribution in [3.05, 3.63) is 29.8 Å². The van der Waals surface area contributed by atoms with Crippen LogP contribution < -0.4 is 10.2 Å². The van der Waals surface area contributed by atoms with E-state index in [9.17, 15) is 4.79 Å². The van der Waals surface area contributed by atoms with Crippen LogP contribution in [0.5, 0.6) is 0 Å². The number of nitrogens with one attached hydrogen (secondary N) is 1. The summed E-state index contributed by atoms with van der Waals surface area (Å²) in [4.78, 5) is 13.7. The number of rotatable bonds is 0. The molecule has 2 heterocycles. The van der Waals surface area contributed by atoms with E-state index in [-0.39, 0.29) is 5.91 Å². The van der Waals surface area contributed by atoms with E-state index in [0.29, 0.717) is 5.41 Å². The van der Waals surface area contributed by atoms with Crippen molar-refractivity contribution in [1.82, 2.24) is 5.32 Å². The van der Waals surface area contributed by atoms with Crippen molar-refractivity contribution in [2.24, 2.45) is 0 Å². The Kier molecular flexibility index (Phi) is 2.86. The molecular weight excluding hydrogens is 224 g/mol. The number of fused-ring (bicyclic) bond motifs is 2. The molecule has 1 aromatic rings. The summed E-state index contributed by atoms with van der Waals surface area (Å²) < 4.78 is 0.